The van der Waals surface area contributed by atoms with Crippen LogP contribution in [0.1, 0.15) is 0 Å². The molecule has 0 radical (unpaired) electrons. The Bertz CT molecular complexity index is 2800. The van der Waals surface area contributed by atoms with E-state index in [1.807, 2.05) is 60.7 Å². The van der Waals surface area contributed by atoms with Crippen molar-refractivity contribution in [2.75, 3.05) is 0 Å². The van der Waals surface area contributed by atoms with Crippen LogP contribution in [-0.4, -0.2) is 24.1 Å². The molecule has 0 amide bonds. The van der Waals surface area contributed by atoms with Gasteiger partial charge in [0.15, 0.2) is 17.5 Å². The molecule has 0 aliphatic heterocycles. The van der Waals surface area contributed by atoms with E-state index >= 15 is 0 Å². The number of nitrogens with zero attached hydrogens (tertiary/aromatic N) is 5. The average molecular weight is 640 g/mol. The molecule has 5 heteroatoms. The second-order valence-electron chi connectivity index (χ2n) is 12.6. The number of para-hydroxylation sites is 2. The van der Waals surface area contributed by atoms with Gasteiger partial charge in [-0.1, -0.05) is 121 Å². The predicted octanol–water partition coefficient (Wildman–Crippen LogP) is 11.1. The zero-order chi connectivity index (χ0) is 33.0. The first kappa shape index (κ1) is 28.2. The molecule has 3 heterocycles. The third-order valence-corrected chi connectivity index (χ3v) is 9.56. The van der Waals surface area contributed by atoms with Gasteiger partial charge in [0.25, 0.3) is 0 Å². The average Bonchev–Trinajstić information content (AvgIpc) is 3.77. The molecule has 0 unspecified atom stereocenters. The lowest BCUT2D eigenvalue weighted by atomic mass is 10.0. The highest BCUT2D eigenvalue weighted by atomic mass is 15.0. The van der Waals surface area contributed by atoms with Crippen LogP contribution in [0.3, 0.4) is 0 Å². The summed E-state index contributed by atoms with van der Waals surface area (Å²) in [5.74, 6) is 1.94. The summed E-state index contributed by atoms with van der Waals surface area (Å²) in [5, 5.41) is 6.11. The summed E-state index contributed by atoms with van der Waals surface area (Å²) in [6.07, 6.45) is 2.16. The van der Waals surface area contributed by atoms with Crippen molar-refractivity contribution >= 4 is 43.5 Å². The van der Waals surface area contributed by atoms with E-state index in [9.17, 15) is 0 Å². The van der Waals surface area contributed by atoms with Crippen LogP contribution >= 0.6 is 0 Å². The molecule has 10 aromatic rings. The van der Waals surface area contributed by atoms with Crippen molar-refractivity contribution in [3.63, 3.8) is 0 Å². The summed E-state index contributed by atoms with van der Waals surface area (Å²) in [6, 6.07) is 59.4. The molecule has 0 atom stereocenters. The lowest BCUT2D eigenvalue weighted by molar-refractivity contribution is 1.07. The van der Waals surface area contributed by atoms with Crippen LogP contribution in [-0.2, 0) is 0 Å². The molecule has 50 heavy (non-hydrogen) atoms. The lowest BCUT2D eigenvalue weighted by Crippen LogP contribution is -2.00. The van der Waals surface area contributed by atoms with Gasteiger partial charge in [-0.05, 0) is 53.9 Å². The van der Waals surface area contributed by atoms with Crippen LogP contribution in [0.15, 0.2) is 176 Å². The van der Waals surface area contributed by atoms with Crippen molar-refractivity contribution in [3.8, 4) is 45.5 Å². The minimum absolute atomic E-state index is 0.637. The minimum atomic E-state index is 0.637. The van der Waals surface area contributed by atoms with Gasteiger partial charge in [0.1, 0.15) is 0 Å². The molecule has 0 aliphatic carbocycles. The minimum Gasteiger partial charge on any atom is -0.317 e. The number of hydrogen-bond donors (Lipinski definition) is 0. The van der Waals surface area contributed by atoms with Crippen molar-refractivity contribution < 1.29 is 0 Å². The van der Waals surface area contributed by atoms with Crippen LogP contribution in [0.4, 0.5) is 0 Å². The van der Waals surface area contributed by atoms with Crippen LogP contribution < -0.4 is 0 Å². The second kappa shape index (κ2) is 11.4. The highest BCUT2D eigenvalue weighted by molar-refractivity contribution is 6.20. The van der Waals surface area contributed by atoms with Gasteiger partial charge in [0.05, 0.1) is 16.6 Å². The molecular formula is C45H29N5. The standard InChI is InChI=1S/C45H29N5/c1-4-13-30(14-5-1)43-46-44(31-15-6-2-7-16-31)48-45(47-43)34-17-12-20-36(27-34)49-26-25-33-28-39-32(29-41(33)49)23-24-38-37-21-10-11-22-40(37)50(42(38)39)35-18-8-3-9-19-35/h1-29H. The topological polar surface area (TPSA) is 48.5 Å². The Labute approximate surface area is 288 Å². The fourth-order valence-corrected chi connectivity index (χ4v) is 7.22. The molecular weight excluding hydrogens is 611 g/mol. The Hall–Kier alpha value is -6.85. The van der Waals surface area contributed by atoms with Gasteiger partial charge in [0.2, 0.25) is 0 Å². The first-order chi connectivity index (χ1) is 24.8. The first-order valence-corrected chi connectivity index (χ1v) is 16.8. The van der Waals surface area contributed by atoms with Crippen molar-refractivity contribution in [1.29, 1.82) is 0 Å². The van der Waals surface area contributed by atoms with Gasteiger partial charge in [-0.15, -0.1) is 0 Å². The summed E-state index contributed by atoms with van der Waals surface area (Å²) in [5.41, 5.74) is 8.60. The van der Waals surface area contributed by atoms with E-state index in [0.29, 0.717) is 17.5 Å². The maximum Gasteiger partial charge on any atom is 0.164 e. The monoisotopic (exact) mass is 639 g/mol. The van der Waals surface area contributed by atoms with Gasteiger partial charge in [-0.3, -0.25) is 0 Å². The first-order valence-electron chi connectivity index (χ1n) is 16.8. The largest absolute Gasteiger partial charge is 0.317 e. The smallest absolute Gasteiger partial charge is 0.164 e. The second-order valence-corrected chi connectivity index (χ2v) is 12.6. The Morgan fingerprint density at radius 2 is 0.960 bits per heavy atom. The van der Waals surface area contributed by atoms with E-state index in [0.717, 1.165) is 33.6 Å². The van der Waals surface area contributed by atoms with Gasteiger partial charge in [-0.2, -0.15) is 0 Å². The summed E-state index contributed by atoms with van der Waals surface area (Å²) in [4.78, 5) is 14.8. The summed E-state index contributed by atoms with van der Waals surface area (Å²) >= 11 is 0. The van der Waals surface area contributed by atoms with Crippen LogP contribution in [0.25, 0.3) is 89.0 Å². The molecule has 0 fully saturated rings. The summed E-state index contributed by atoms with van der Waals surface area (Å²) in [7, 11) is 0. The normalized spacial score (nSPS) is 11.6. The Kier molecular flexibility index (Phi) is 6.42. The van der Waals surface area contributed by atoms with Crippen molar-refractivity contribution in [3.05, 3.63) is 176 Å². The molecule has 0 bridgehead atoms. The molecule has 10 rings (SSSR count). The van der Waals surface area contributed by atoms with E-state index in [1.165, 1.54) is 38.0 Å². The summed E-state index contributed by atoms with van der Waals surface area (Å²) in [6.45, 7) is 0. The highest BCUT2D eigenvalue weighted by Gasteiger charge is 2.17. The van der Waals surface area contributed by atoms with E-state index in [2.05, 4.69) is 125 Å². The fraction of sp³-hybridized carbons (Fsp3) is 0. The van der Waals surface area contributed by atoms with Gasteiger partial charge >= 0.3 is 0 Å². The number of rotatable bonds is 5. The zero-order valence-corrected chi connectivity index (χ0v) is 27.0. The van der Waals surface area contributed by atoms with E-state index < -0.39 is 0 Å². The van der Waals surface area contributed by atoms with Crippen molar-refractivity contribution in [2.45, 2.75) is 0 Å². The predicted molar refractivity (Wildman–Crippen MR) is 205 cm³/mol. The third-order valence-electron chi connectivity index (χ3n) is 9.56. The van der Waals surface area contributed by atoms with E-state index in [4.69, 9.17) is 15.0 Å². The van der Waals surface area contributed by atoms with E-state index in [-0.39, 0.29) is 0 Å². The molecule has 0 aliphatic rings. The fourth-order valence-electron chi connectivity index (χ4n) is 7.22. The van der Waals surface area contributed by atoms with Crippen LogP contribution in [0, 0.1) is 0 Å². The molecule has 3 aromatic heterocycles. The Morgan fingerprint density at radius 1 is 0.360 bits per heavy atom. The van der Waals surface area contributed by atoms with Crippen LogP contribution in [0.2, 0.25) is 0 Å². The highest BCUT2D eigenvalue weighted by Crippen LogP contribution is 2.38. The Balaban J connectivity index is 1.13. The third kappa shape index (κ3) is 4.60. The summed E-state index contributed by atoms with van der Waals surface area (Å²) < 4.78 is 4.66. The molecule has 0 N–H and O–H groups in total. The van der Waals surface area contributed by atoms with Crippen LogP contribution in [0.5, 0.6) is 0 Å². The number of hydrogen-bond acceptors (Lipinski definition) is 3. The number of benzene rings is 7. The molecule has 0 saturated heterocycles. The maximum absolute atomic E-state index is 4.97. The van der Waals surface area contributed by atoms with Gasteiger partial charge < -0.3 is 9.13 Å². The zero-order valence-electron chi connectivity index (χ0n) is 27.0. The quantitative estimate of drug-likeness (QED) is 0.188. The molecule has 0 saturated carbocycles. The molecule has 5 nitrogen and oxygen atoms in total. The SMILES string of the molecule is c1ccc(-c2nc(-c3ccccc3)nc(-c3cccc(-n4ccc5cc6c(ccc7c8ccccc8n(-c8ccccc8)c67)cc54)c3)n2)cc1. The molecule has 234 valence electrons. The number of fused-ring (bicyclic) bond motifs is 6. The number of aromatic nitrogens is 5. The van der Waals surface area contributed by atoms with E-state index in [1.54, 1.807) is 0 Å². The molecule has 0 spiro atoms. The Morgan fingerprint density at radius 3 is 1.68 bits per heavy atom. The van der Waals surface area contributed by atoms with Crippen molar-refractivity contribution in [1.82, 2.24) is 24.1 Å². The van der Waals surface area contributed by atoms with Gasteiger partial charge in [0, 0.05) is 55.8 Å². The molecule has 7 aromatic carbocycles. The van der Waals surface area contributed by atoms with Gasteiger partial charge in [-0.25, -0.2) is 15.0 Å². The maximum atomic E-state index is 4.97. The lowest BCUT2D eigenvalue weighted by Gasteiger charge is -2.12. The van der Waals surface area contributed by atoms with Crippen molar-refractivity contribution in [2.24, 2.45) is 0 Å².